The molecule has 0 aliphatic rings. The van der Waals surface area contributed by atoms with Crippen LogP contribution in [0.5, 0.6) is 0 Å². The van der Waals surface area contributed by atoms with Crippen LogP contribution >= 0.6 is 10.2 Å². The number of nitrogens with zero attached hydrogens (tertiary/aromatic N) is 6. The van der Waals surface area contributed by atoms with E-state index in [0.717, 1.165) is 23.3 Å². The van der Waals surface area contributed by atoms with Gasteiger partial charge in [0.25, 0.3) is 5.91 Å². The van der Waals surface area contributed by atoms with E-state index >= 15 is 0 Å². The van der Waals surface area contributed by atoms with E-state index < -0.39 is 50.2 Å². The van der Waals surface area contributed by atoms with Crippen molar-refractivity contribution in [2.24, 2.45) is 5.84 Å². The lowest BCUT2D eigenvalue weighted by atomic mass is 10.1. The van der Waals surface area contributed by atoms with Crippen molar-refractivity contribution in [3.8, 4) is 11.4 Å². The molecule has 8 nitrogen and oxygen atoms in total. The first-order valence-corrected chi connectivity index (χ1v) is 10.3. The van der Waals surface area contributed by atoms with Crippen LogP contribution in [0.25, 0.3) is 17.6 Å². The van der Waals surface area contributed by atoms with Gasteiger partial charge in [-0.15, -0.1) is 5.10 Å². The Balaban J connectivity index is 1.94. The zero-order valence-electron chi connectivity index (χ0n) is 15.8. The summed E-state index contributed by atoms with van der Waals surface area (Å²) < 4.78 is 106. The topological polar surface area (TPSA) is 103 Å². The van der Waals surface area contributed by atoms with Crippen molar-refractivity contribution in [2.75, 3.05) is 5.01 Å². The fourth-order valence-corrected chi connectivity index (χ4v) is 3.04. The standard InChI is InChI=1S/C16H11F8N7OS/c17-16(18,19)11-5-10(6-12(7-11)33(20,21,22,23)24)15-28-9-30(29-15)4-1-14(32)31(25)13-8-26-2-3-27-13/h1-9H,25H2/b4-1-. The Morgan fingerprint density at radius 2 is 1.76 bits per heavy atom. The van der Waals surface area contributed by atoms with Gasteiger partial charge >= 0.3 is 16.4 Å². The van der Waals surface area contributed by atoms with Gasteiger partial charge in [-0.05, 0) is 18.2 Å². The minimum atomic E-state index is -10.5. The molecule has 0 saturated heterocycles. The molecule has 0 spiro atoms. The molecule has 0 radical (unpaired) electrons. The van der Waals surface area contributed by atoms with Crippen LogP contribution in [0.4, 0.5) is 38.4 Å². The van der Waals surface area contributed by atoms with Crippen LogP contribution < -0.4 is 10.9 Å². The number of halogens is 8. The zero-order valence-corrected chi connectivity index (χ0v) is 16.6. The van der Waals surface area contributed by atoms with Crippen LogP contribution in [0.15, 0.2) is 54.1 Å². The van der Waals surface area contributed by atoms with E-state index in [4.69, 9.17) is 5.84 Å². The van der Waals surface area contributed by atoms with E-state index in [1.54, 1.807) is 0 Å². The minimum absolute atomic E-state index is 0.0288. The van der Waals surface area contributed by atoms with Gasteiger partial charge in [0.2, 0.25) is 0 Å². The van der Waals surface area contributed by atoms with E-state index in [1.807, 2.05) is 0 Å². The van der Waals surface area contributed by atoms with Gasteiger partial charge in [-0.3, -0.25) is 9.78 Å². The van der Waals surface area contributed by atoms with Crippen molar-refractivity contribution in [1.29, 1.82) is 0 Å². The summed E-state index contributed by atoms with van der Waals surface area (Å²) in [5.74, 6) is 3.93. The fraction of sp³-hybridized carbons (Fsp3) is 0.0625. The molecule has 17 heteroatoms. The quantitative estimate of drug-likeness (QED) is 0.177. The Bertz CT molecular complexity index is 1230. The van der Waals surface area contributed by atoms with Crippen molar-refractivity contribution in [2.45, 2.75) is 11.1 Å². The van der Waals surface area contributed by atoms with Gasteiger partial charge < -0.3 is 0 Å². The molecule has 1 aromatic carbocycles. The second kappa shape index (κ2) is 7.20. The van der Waals surface area contributed by atoms with Crippen molar-refractivity contribution in [3.63, 3.8) is 0 Å². The summed E-state index contributed by atoms with van der Waals surface area (Å²) in [6.45, 7) is 0. The normalized spacial score (nSPS) is 14.7. The number of rotatable bonds is 5. The molecule has 0 fully saturated rings. The third kappa shape index (κ3) is 5.80. The van der Waals surface area contributed by atoms with Gasteiger partial charge in [-0.1, -0.05) is 19.4 Å². The number of hydrogen-bond acceptors (Lipinski definition) is 6. The highest BCUT2D eigenvalue weighted by atomic mass is 32.5. The highest BCUT2D eigenvalue weighted by Crippen LogP contribution is 3.02. The third-order valence-electron chi connectivity index (χ3n) is 3.85. The number of hydrazine groups is 1. The van der Waals surface area contributed by atoms with Crippen molar-refractivity contribution in [3.05, 3.63) is 54.8 Å². The molecule has 3 rings (SSSR count). The van der Waals surface area contributed by atoms with E-state index in [2.05, 4.69) is 20.1 Å². The zero-order chi connectivity index (χ0) is 24.7. The number of nitrogens with two attached hydrogens (primary N) is 1. The lowest BCUT2D eigenvalue weighted by Crippen LogP contribution is -2.36. The molecule has 0 atom stereocenters. The lowest BCUT2D eigenvalue weighted by molar-refractivity contribution is -0.137. The first-order valence-electron chi connectivity index (χ1n) is 8.35. The number of carbonyl (C=O) groups is 1. The molecule has 2 aromatic heterocycles. The van der Waals surface area contributed by atoms with Gasteiger partial charge in [-0.25, -0.2) is 25.5 Å². The summed E-state index contributed by atoms with van der Waals surface area (Å²) in [6.07, 6.45) is 0.974. The summed E-state index contributed by atoms with van der Waals surface area (Å²) in [5, 5.41) is 4.18. The number of benzene rings is 1. The summed E-state index contributed by atoms with van der Waals surface area (Å²) in [6, 6.07) is -0.665. The maximum absolute atomic E-state index is 13.2. The van der Waals surface area contributed by atoms with Crippen LogP contribution in [0, 0.1) is 0 Å². The van der Waals surface area contributed by atoms with Gasteiger partial charge in [0.15, 0.2) is 11.6 Å². The largest absolute Gasteiger partial charge is 0.416 e. The number of anilines is 1. The van der Waals surface area contributed by atoms with Gasteiger partial charge in [-0.2, -0.15) is 13.2 Å². The molecule has 0 aliphatic carbocycles. The molecule has 33 heavy (non-hydrogen) atoms. The van der Waals surface area contributed by atoms with Gasteiger partial charge in [0.05, 0.1) is 11.8 Å². The number of amides is 1. The van der Waals surface area contributed by atoms with Crippen LogP contribution in [0.2, 0.25) is 0 Å². The number of carbonyl (C=O) groups excluding carboxylic acids is 1. The van der Waals surface area contributed by atoms with E-state index in [9.17, 15) is 37.4 Å². The second-order valence-electron chi connectivity index (χ2n) is 6.35. The summed E-state index contributed by atoms with van der Waals surface area (Å²) in [5.41, 5.74) is -2.93. The number of aromatic nitrogens is 5. The molecule has 0 unspecified atom stereocenters. The van der Waals surface area contributed by atoms with Crippen molar-refractivity contribution in [1.82, 2.24) is 24.7 Å². The third-order valence-corrected chi connectivity index (χ3v) is 4.98. The first-order chi connectivity index (χ1) is 14.9. The fourth-order valence-electron chi connectivity index (χ4n) is 2.34. The van der Waals surface area contributed by atoms with Crippen molar-refractivity contribution < 1.29 is 37.4 Å². The molecule has 0 aliphatic heterocycles. The SMILES string of the molecule is NN(C(=O)/C=C\n1cnc(-c2cc(C(F)(F)F)cc(S(F)(F)(F)(F)F)c2)n1)c1cnccn1. The maximum Gasteiger partial charge on any atom is 0.416 e. The van der Waals surface area contributed by atoms with Crippen LogP contribution in [-0.2, 0) is 11.0 Å². The second-order valence-corrected chi connectivity index (χ2v) is 8.76. The monoisotopic (exact) mass is 501 g/mol. The van der Waals surface area contributed by atoms with Crippen molar-refractivity contribution >= 4 is 28.1 Å². The highest BCUT2D eigenvalue weighted by molar-refractivity contribution is 8.45. The molecule has 2 N–H and O–H groups in total. The Labute approximate surface area is 179 Å². The number of hydrogen-bond donors (Lipinski definition) is 1. The molecule has 178 valence electrons. The highest BCUT2D eigenvalue weighted by Gasteiger charge is 2.66. The predicted octanol–water partition coefficient (Wildman–Crippen LogP) is 4.79. The van der Waals surface area contributed by atoms with E-state index in [1.165, 1.54) is 18.6 Å². The Morgan fingerprint density at radius 3 is 2.33 bits per heavy atom. The Hall–Kier alpha value is -3.60. The molecular formula is C16H11F8N7OS. The summed E-state index contributed by atoms with van der Waals surface area (Å²) in [4.78, 5) is 20.3. The predicted molar refractivity (Wildman–Crippen MR) is 101 cm³/mol. The molecule has 3 aromatic rings. The van der Waals surface area contributed by atoms with Crippen LogP contribution in [-0.4, -0.2) is 30.6 Å². The molecule has 1 amide bonds. The average molecular weight is 501 g/mol. The molecule has 0 bridgehead atoms. The molecule has 2 heterocycles. The van der Waals surface area contributed by atoms with E-state index in [0.29, 0.717) is 5.01 Å². The Kier molecular flexibility index (Phi) is 5.25. The minimum Gasteiger partial charge on any atom is -0.268 e. The lowest BCUT2D eigenvalue weighted by Gasteiger charge is -2.40. The summed E-state index contributed by atoms with van der Waals surface area (Å²) in [7, 11) is -10.5. The first kappa shape index (κ1) is 24.1. The van der Waals surface area contributed by atoms with Gasteiger partial charge in [0, 0.05) is 30.2 Å². The molecular weight excluding hydrogens is 490 g/mol. The Morgan fingerprint density at radius 1 is 1.06 bits per heavy atom. The summed E-state index contributed by atoms with van der Waals surface area (Å²) >= 11 is 0. The smallest absolute Gasteiger partial charge is 0.268 e. The average Bonchev–Trinajstić information content (AvgIpc) is 3.18. The van der Waals surface area contributed by atoms with Gasteiger partial charge in [0.1, 0.15) is 11.2 Å². The van der Waals surface area contributed by atoms with E-state index in [-0.39, 0.29) is 18.0 Å². The van der Waals surface area contributed by atoms with Crippen LogP contribution in [0.3, 0.4) is 0 Å². The maximum atomic E-state index is 13.2. The number of alkyl halides is 3. The van der Waals surface area contributed by atoms with Crippen LogP contribution in [0.1, 0.15) is 5.56 Å². The molecule has 0 saturated carbocycles.